The van der Waals surface area contributed by atoms with E-state index in [1.165, 1.54) is 37.3 Å². The Morgan fingerprint density at radius 1 is 1.18 bits per heavy atom. The molecule has 0 saturated heterocycles. The number of esters is 1. The number of hydrogen-bond donors (Lipinski definition) is 1. The fourth-order valence-corrected chi connectivity index (χ4v) is 4.91. The van der Waals surface area contributed by atoms with Gasteiger partial charge in [0.05, 0.1) is 32.1 Å². The van der Waals surface area contributed by atoms with E-state index in [1.54, 1.807) is 4.90 Å². The summed E-state index contributed by atoms with van der Waals surface area (Å²) in [7, 11) is 2.65. The van der Waals surface area contributed by atoms with Gasteiger partial charge < -0.3 is 19.7 Å². The normalized spacial score (nSPS) is 12.9. The van der Waals surface area contributed by atoms with Gasteiger partial charge in [0.1, 0.15) is 5.00 Å². The lowest BCUT2D eigenvalue weighted by atomic mass is 10.0. The first kappa shape index (κ1) is 20.2. The fourth-order valence-electron chi connectivity index (χ4n) is 2.92. The van der Waals surface area contributed by atoms with Crippen molar-refractivity contribution in [1.82, 2.24) is 4.90 Å². The second-order valence-corrected chi connectivity index (χ2v) is 8.14. The molecular weight excluding hydrogens is 400 g/mol. The third-order valence-electron chi connectivity index (χ3n) is 4.25. The van der Waals surface area contributed by atoms with E-state index in [-0.39, 0.29) is 11.7 Å². The average Bonchev–Trinajstić information content (AvgIpc) is 3.08. The number of carbonyl (C=O) groups is 3. The van der Waals surface area contributed by atoms with E-state index in [0.717, 1.165) is 15.3 Å². The molecule has 0 unspecified atom stereocenters. The van der Waals surface area contributed by atoms with Crippen molar-refractivity contribution in [3.63, 3.8) is 0 Å². The lowest BCUT2D eigenvalue weighted by Crippen LogP contribution is -2.35. The first-order valence-corrected chi connectivity index (χ1v) is 10.4. The smallest absolute Gasteiger partial charge is 0.409 e. The Bertz CT molecular complexity index is 882. The van der Waals surface area contributed by atoms with Crippen molar-refractivity contribution in [3.05, 3.63) is 46.3 Å². The SMILES string of the molecule is COC(=O)c1c(NC(=O)CSc2ccccc2)sc2c1CCN(C(=O)OC)C2. The Hall–Kier alpha value is -2.52. The topological polar surface area (TPSA) is 84.9 Å². The monoisotopic (exact) mass is 420 g/mol. The molecule has 3 rings (SSSR count). The number of nitrogens with one attached hydrogen (secondary N) is 1. The fraction of sp³-hybridized carbons (Fsp3) is 0.316. The number of thioether (sulfide) groups is 1. The number of benzene rings is 1. The average molecular weight is 421 g/mol. The summed E-state index contributed by atoms with van der Waals surface area (Å²) in [6, 6.07) is 9.61. The van der Waals surface area contributed by atoms with E-state index in [0.29, 0.717) is 30.1 Å². The maximum Gasteiger partial charge on any atom is 0.409 e. The molecule has 1 aliphatic heterocycles. The number of amides is 2. The molecule has 1 aromatic carbocycles. The number of methoxy groups -OCH3 is 2. The molecule has 0 radical (unpaired) electrons. The molecule has 0 bridgehead atoms. The molecule has 2 amide bonds. The molecule has 1 N–H and O–H groups in total. The molecule has 0 spiro atoms. The van der Waals surface area contributed by atoms with Crippen LogP contribution in [0.2, 0.25) is 0 Å². The van der Waals surface area contributed by atoms with Gasteiger partial charge in [0, 0.05) is 16.3 Å². The van der Waals surface area contributed by atoms with E-state index in [9.17, 15) is 14.4 Å². The van der Waals surface area contributed by atoms with Gasteiger partial charge in [-0.15, -0.1) is 23.1 Å². The lowest BCUT2D eigenvalue weighted by molar-refractivity contribution is -0.113. The standard InChI is InChI=1S/C19H20N2O5S2/c1-25-18(23)16-13-8-9-21(19(24)26-2)10-14(13)28-17(16)20-15(22)11-27-12-6-4-3-5-7-12/h3-7H,8-11H2,1-2H3,(H,20,22). The predicted octanol–water partition coefficient (Wildman–Crippen LogP) is 3.39. The number of hydrogen-bond acceptors (Lipinski definition) is 7. The van der Waals surface area contributed by atoms with Gasteiger partial charge in [-0.2, -0.15) is 0 Å². The van der Waals surface area contributed by atoms with Crippen LogP contribution in [0.25, 0.3) is 0 Å². The summed E-state index contributed by atoms with van der Waals surface area (Å²) in [5, 5.41) is 3.29. The Balaban J connectivity index is 1.76. The van der Waals surface area contributed by atoms with Crippen molar-refractivity contribution in [2.75, 3.05) is 31.8 Å². The van der Waals surface area contributed by atoms with Gasteiger partial charge in [-0.1, -0.05) is 18.2 Å². The van der Waals surface area contributed by atoms with E-state index in [2.05, 4.69) is 5.32 Å². The molecule has 0 saturated carbocycles. The van der Waals surface area contributed by atoms with Crippen LogP contribution in [0.4, 0.5) is 9.80 Å². The highest BCUT2D eigenvalue weighted by molar-refractivity contribution is 8.00. The predicted molar refractivity (Wildman–Crippen MR) is 108 cm³/mol. The molecule has 7 nitrogen and oxygen atoms in total. The number of rotatable bonds is 5. The molecule has 0 aliphatic carbocycles. The van der Waals surface area contributed by atoms with Crippen molar-refractivity contribution >= 4 is 46.1 Å². The Morgan fingerprint density at radius 3 is 2.61 bits per heavy atom. The largest absolute Gasteiger partial charge is 0.465 e. The highest BCUT2D eigenvalue weighted by Crippen LogP contribution is 2.38. The van der Waals surface area contributed by atoms with Gasteiger partial charge in [0.25, 0.3) is 0 Å². The molecule has 148 valence electrons. The summed E-state index contributed by atoms with van der Waals surface area (Å²) in [6.07, 6.45) is 0.0866. The van der Waals surface area contributed by atoms with E-state index < -0.39 is 12.1 Å². The summed E-state index contributed by atoms with van der Waals surface area (Å²) in [4.78, 5) is 39.9. The van der Waals surface area contributed by atoms with Crippen molar-refractivity contribution in [2.45, 2.75) is 17.9 Å². The summed E-state index contributed by atoms with van der Waals surface area (Å²) in [6.45, 7) is 0.781. The van der Waals surface area contributed by atoms with Gasteiger partial charge in [-0.25, -0.2) is 9.59 Å². The van der Waals surface area contributed by atoms with Crippen LogP contribution in [0.5, 0.6) is 0 Å². The number of thiophene rings is 1. The van der Waals surface area contributed by atoms with Gasteiger partial charge in [-0.05, 0) is 24.1 Å². The van der Waals surface area contributed by atoms with Crippen LogP contribution in [0, 0.1) is 0 Å². The van der Waals surface area contributed by atoms with Gasteiger partial charge in [0.2, 0.25) is 5.91 Å². The number of nitrogens with zero attached hydrogens (tertiary/aromatic N) is 1. The van der Waals surface area contributed by atoms with Gasteiger partial charge in [-0.3, -0.25) is 4.79 Å². The van der Waals surface area contributed by atoms with Crippen LogP contribution in [0.1, 0.15) is 20.8 Å². The quantitative estimate of drug-likeness (QED) is 0.590. The molecule has 1 aliphatic rings. The second-order valence-electron chi connectivity index (χ2n) is 5.99. The molecule has 2 aromatic rings. The van der Waals surface area contributed by atoms with E-state index in [4.69, 9.17) is 9.47 Å². The molecule has 0 atom stereocenters. The summed E-state index contributed by atoms with van der Waals surface area (Å²) >= 11 is 2.71. The van der Waals surface area contributed by atoms with Crippen LogP contribution in [-0.4, -0.2) is 49.4 Å². The van der Waals surface area contributed by atoms with Crippen molar-refractivity contribution in [1.29, 1.82) is 0 Å². The van der Waals surface area contributed by atoms with Crippen molar-refractivity contribution in [2.24, 2.45) is 0 Å². The number of carbonyl (C=O) groups excluding carboxylic acids is 3. The molecule has 2 heterocycles. The number of fused-ring (bicyclic) bond motifs is 1. The second kappa shape index (κ2) is 9.11. The number of ether oxygens (including phenoxy) is 2. The minimum Gasteiger partial charge on any atom is -0.465 e. The first-order chi connectivity index (χ1) is 13.5. The molecule has 1 aromatic heterocycles. The highest BCUT2D eigenvalue weighted by Gasteiger charge is 2.31. The summed E-state index contributed by atoms with van der Waals surface area (Å²) in [5.74, 6) is -0.473. The Kier molecular flexibility index (Phi) is 6.58. The molecule has 0 fully saturated rings. The minimum absolute atomic E-state index is 0.206. The van der Waals surface area contributed by atoms with Crippen LogP contribution in [0.15, 0.2) is 35.2 Å². The maximum atomic E-state index is 12.4. The third-order valence-corrected chi connectivity index (χ3v) is 6.39. The molecule has 9 heteroatoms. The van der Waals surface area contributed by atoms with Crippen molar-refractivity contribution < 1.29 is 23.9 Å². The summed E-state index contributed by atoms with van der Waals surface area (Å²) in [5.41, 5.74) is 1.20. The van der Waals surface area contributed by atoms with E-state index in [1.807, 2.05) is 30.3 Å². The first-order valence-electron chi connectivity index (χ1n) is 8.57. The molecular formula is C19H20N2O5S2. The van der Waals surface area contributed by atoms with Crippen LogP contribution in [0.3, 0.4) is 0 Å². The van der Waals surface area contributed by atoms with Crippen molar-refractivity contribution in [3.8, 4) is 0 Å². The van der Waals surface area contributed by atoms with E-state index >= 15 is 0 Å². The highest BCUT2D eigenvalue weighted by atomic mass is 32.2. The third kappa shape index (κ3) is 4.48. The van der Waals surface area contributed by atoms with Crippen LogP contribution < -0.4 is 5.32 Å². The zero-order valence-corrected chi connectivity index (χ0v) is 17.2. The Labute approximate surface area is 171 Å². The molecule has 28 heavy (non-hydrogen) atoms. The van der Waals surface area contributed by atoms with Crippen LogP contribution >= 0.6 is 23.1 Å². The lowest BCUT2D eigenvalue weighted by Gasteiger charge is -2.25. The Morgan fingerprint density at radius 2 is 1.93 bits per heavy atom. The van der Waals surface area contributed by atoms with Crippen LogP contribution in [-0.2, 0) is 27.2 Å². The van der Waals surface area contributed by atoms with Gasteiger partial charge in [0.15, 0.2) is 0 Å². The number of anilines is 1. The zero-order valence-electron chi connectivity index (χ0n) is 15.5. The minimum atomic E-state index is -0.491. The van der Waals surface area contributed by atoms with Gasteiger partial charge >= 0.3 is 12.1 Å². The zero-order chi connectivity index (χ0) is 20.1. The summed E-state index contributed by atoms with van der Waals surface area (Å²) < 4.78 is 9.69. The maximum absolute atomic E-state index is 12.4.